The molecule has 1 aromatic rings. The van der Waals surface area contributed by atoms with Crippen molar-refractivity contribution >= 4 is 5.91 Å². The minimum absolute atomic E-state index is 0.0144. The van der Waals surface area contributed by atoms with Crippen LogP contribution in [-0.2, 0) is 27.3 Å². The molecule has 0 radical (unpaired) electrons. The van der Waals surface area contributed by atoms with Crippen LogP contribution in [0, 0.1) is 0 Å². The SMILES string of the molecule is C=COCCOCc1ccc(CC(=O)NC)cc1. The first-order valence-corrected chi connectivity index (χ1v) is 5.85. The molecule has 0 aliphatic rings. The quantitative estimate of drug-likeness (QED) is 0.563. The van der Waals surface area contributed by atoms with E-state index in [4.69, 9.17) is 9.47 Å². The third-order valence-corrected chi connectivity index (χ3v) is 2.40. The molecule has 1 aromatic carbocycles. The van der Waals surface area contributed by atoms with E-state index in [0.717, 1.165) is 11.1 Å². The Bertz CT molecular complexity index is 373. The van der Waals surface area contributed by atoms with Crippen LogP contribution >= 0.6 is 0 Å². The van der Waals surface area contributed by atoms with Gasteiger partial charge in [-0.25, -0.2) is 0 Å². The summed E-state index contributed by atoms with van der Waals surface area (Å²) in [6, 6.07) is 7.81. The first-order valence-electron chi connectivity index (χ1n) is 5.85. The van der Waals surface area contributed by atoms with Crippen LogP contribution < -0.4 is 5.32 Å². The van der Waals surface area contributed by atoms with Gasteiger partial charge in [-0.1, -0.05) is 30.8 Å². The molecule has 0 fully saturated rings. The highest BCUT2D eigenvalue weighted by Crippen LogP contribution is 2.06. The van der Waals surface area contributed by atoms with Crippen LogP contribution in [-0.4, -0.2) is 26.2 Å². The molecule has 0 saturated carbocycles. The van der Waals surface area contributed by atoms with Gasteiger partial charge in [0.1, 0.15) is 6.61 Å². The van der Waals surface area contributed by atoms with Gasteiger partial charge >= 0.3 is 0 Å². The zero-order valence-electron chi connectivity index (χ0n) is 10.6. The summed E-state index contributed by atoms with van der Waals surface area (Å²) in [5.41, 5.74) is 2.07. The Kier molecular flexibility index (Phi) is 6.58. The summed E-state index contributed by atoms with van der Waals surface area (Å²) in [4.78, 5) is 11.2. The fourth-order valence-electron chi connectivity index (χ4n) is 1.41. The normalized spacial score (nSPS) is 9.83. The van der Waals surface area contributed by atoms with Gasteiger partial charge in [0, 0.05) is 7.05 Å². The second kappa shape index (κ2) is 8.31. The second-order valence-electron chi connectivity index (χ2n) is 3.76. The predicted molar refractivity (Wildman–Crippen MR) is 70.0 cm³/mol. The lowest BCUT2D eigenvalue weighted by Gasteiger charge is -2.05. The van der Waals surface area contributed by atoms with Crippen molar-refractivity contribution in [2.45, 2.75) is 13.0 Å². The Labute approximate surface area is 108 Å². The summed E-state index contributed by atoms with van der Waals surface area (Å²) in [5.74, 6) is 0.0144. The molecule has 1 N–H and O–H groups in total. The van der Waals surface area contributed by atoms with Crippen LogP contribution in [0.25, 0.3) is 0 Å². The Morgan fingerprint density at radius 1 is 1.28 bits per heavy atom. The molecule has 0 aromatic heterocycles. The Hall–Kier alpha value is -1.81. The number of carbonyl (C=O) groups excluding carboxylic acids is 1. The van der Waals surface area contributed by atoms with E-state index in [-0.39, 0.29) is 5.91 Å². The molecule has 0 atom stereocenters. The van der Waals surface area contributed by atoms with Crippen LogP contribution in [0.5, 0.6) is 0 Å². The number of hydrogen-bond acceptors (Lipinski definition) is 3. The fourth-order valence-corrected chi connectivity index (χ4v) is 1.41. The highest BCUT2D eigenvalue weighted by atomic mass is 16.5. The second-order valence-corrected chi connectivity index (χ2v) is 3.76. The topological polar surface area (TPSA) is 47.6 Å². The number of hydrogen-bond donors (Lipinski definition) is 1. The predicted octanol–water partition coefficient (Wildman–Crippen LogP) is 1.65. The molecule has 1 amide bonds. The maximum atomic E-state index is 11.2. The van der Waals surface area contributed by atoms with E-state index in [1.54, 1.807) is 7.05 Å². The summed E-state index contributed by atoms with van der Waals surface area (Å²) in [6.07, 6.45) is 1.81. The van der Waals surface area contributed by atoms with Crippen LogP contribution in [0.4, 0.5) is 0 Å². The average Bonchev–Trinajstić information content (AvgIpc) is 2.40. The lowest BCUT2D eigenvalue weighted by Crippen LogP contribution is -2.19. The molecule has 0 heterocycles. The maximum absolute atomic E-state index is 11.2. The van der Waals surface area contributed by atoms with Crippen LogP contribution in [0.2, 0.25) is 0 Å². The van der Waals surface area contributed by atoms with E-state index >= 15 is 0 Å². The van der Waals surface area contributed by atoms with E-state index in [1.165, 1.54) is 6.26 Å². The number of ether oxygens (including phenoxy) is 2. The average molecular weight is 249 g/mol. The number of rotatable bonds is 8. The number of nitrogens with one attached hydrogen (secondary N) is 1. The van der Waals surface area contributed by atoms with Crippen molar-refractivity contribution < 1.29 is 14.3 Å². The molecule has 0 bridgehead atoms. The molecule has 18 heavy (non-hydrogen) atoms. The third-order valence-electron chi connectivity index (χ3n) is 2.40. The van der Waals surface area contributed by atoms with Gasteiger partial charge in [-0.2, -0.15) is 0 Å². The molecule has 0 spiro atoms. The fraction of sp³-hybridized carbons (Fsp3) is 0.357. The zero-order chi connectivity index (χ0) is 13.2. The number of benzene rings is 1. The molecule has 4 heteroatoms. The van der Waals surface area contributed by atoms with E-state index in [1.807, 2.05) is 24.3 Å². The van der Waals surface area contributed by atoms with Crippen molar-refractivity contribution in [1.29, 1.82) is 0 Å². The number of likely N-dealkylation sites (N-methyl/N-ethyl adjacent to an activating group) is 1. The van der Waals surface area contributed by atoms with E-state index in [0.29, 0.717) is 26.2 Å². The molecular weight excluding hydrogens is 230 g/mol. The smallest absolute Gasteiger partial charge is 0.224 e. The largest absolute Gasteiger partial charge is 0.499 e. The first-order chi connectivity index (χ1) is 8.76. The minimum Gasteiger partial charge on any atom is -0.499 e. The zero-order valence-corrected chi connectivity index (χ0v) is 10.6. The Morgan fingerprint density at radius 2 is 1.94 bits per heavy atom. The lowest BCUT2D eigenvalue weighted by molar-refractivity contribution is -0.119. The van der Waals surface area contributed by atoms with E-state index in [9.17, 15) is 4.79 Å². The summed E-state index contributed by atoms with van der Waals surface area (Å²) >= 11 is 0. The van der Waals surface area contributed by atoms with Gasteiger partial charge in [-0.15, -0.1) is 0 Å². The van der Waals surface area contributed by atoms with Crippen LogP contribution in [0.3, 0.4) is 0 Å². The number of amides is 1. The van der Waals surface area contributed by atoms with E-state index < -0.39 is 0 Å². The maximum Gasteiger partial charge on any atom is 0.224 e. The summed E-state index contributed by atoms with van der Waals surface area (Å²) in [7, 11) is 1.63. The number of carbonyl (C=O) groups is 1. The molecule has 4 nitrogen and oxygen atoms in total. The Morgan fingerprint density at radius 3 is 2.56 bits per heavy atom. The van der Waals surface area contributed by atoms with Gasteiger partial charge < -0.3 is 14.8 Å². The van der Waals surface area contributed by atoms with Crippen molar-refractivity contribution in [2.24, 2.45) is 0 Å². The summed E-state index contributed by atoms with van der Waals surface area (Å²) in [5, 5.41) is 2.60. The van der Waals surface area contributed by atoms with Crippen molar-refractivity contribution in [3.63, 3.8) is 0 Å². The minimum atomic E-state index is 0.0144. The van der Waals surface area contributed by atoms with Gasteiger partial charge in [-0.05, 0) is 11.1 Å². The van der Waals surface area contributed by atoms with Crippen molar-refractivity contribution in [2.75, 3.05) is 20.3 Å². The molecule has 98 valence electrons. The monoisotopic (exact) mass is 249 g/mol. The van der Waals surface area contributed by atoms with Crippen LogP contribution in [0.1, 0.15) is 11.1 Å². The molecule has 0 unspecified atom stereocenters. The lowest BCUT2D eigenvalue weighted by atomic mass is 10.1. The van der Waals surface area contributed by atoms with Crippen LogP contribution in [0.15, 0.2) is 37.1 Å². The van der Waals surface area contributed by atoms with Gasteiger partial charge in [0.05, 0.1) is 25.9 Å². The van der Waals surface area contributed by atoms with Gasteiger partial charge in [0.25, 0.3) is 0 Å². The molecular formula is C14H19NO3. The van der Waals surface area contributed by atoms with E-state index in [2.05, 4.69) is 11.9 Å². The molecule has 0 aliphatic carbocycles. The van der Waals surface area contributed by atoms with Gasteiger partial charge in [0.15, 0.2) is 0 Å². The van der Waals surface area contributed by atoms with Crippen molar-refractivity contribution in [1.82, 2.24) is 5.32 Å². The highest BCUT2D eigenvalue weighted by molar-refractivity contribution is 5.78. The standard InChI is InChI=1S/C14H19NO3/c1-3-17-8-9-18-11-13-6-4-12(5-7-13)10-14(16)15-2/h3-7H,1,8-11H2,2H3,(H,15,16). The molecule has 1 rings (SSSR count). The van der Waals surface area contributed by atoms with Crippen molar-refractivity contribution in [3.05, 3.63) is 48.2 Å². The van der Waals surface area contributed by atoms with Gasteiger partial charge in [0.2, 0.25) is 5.91 Å². The summed E-state index contributed by atoms with van der Waals surface area (Å²) in [6.45, 7) is 5.03. The van der Waals surface area contributed by atoms with Crippen molar-refractivity contribution in [3.8, 4) is 0 Å². The molecule has 0 aliphatic heterocycles. The third kappa shape index (κ3) is 5.50. The Balaban J connectivity index is 2.31. The highest BCUT2D eigenvalue weighted by Gasteiger charge is 2.00. The molecule has 0 saturated heterocycles. The van der Waals surface area contributed by atoms with Gasteiger partial charge in [-0.3, -0.25) is 4.79 Å². The summed E-state index contributed by atoms with van der Waals surface area (Å²) < 4.78 is 10.4. The first kappa shape index (κ1) is 14.3.